The Morgan fingerprint density at radius 2 is 1.82 bits per heavy atom. The molecule has 2 N–H and O–H groups in total. The van der Waals surface area contributed by atoms with Crippen LogP contribution in [0, 0.1) is 0 Å². The van der Waals surface area contributed by atoms with Crippen molar-refractivity contribution in [2.24, 2.45) is 0 Å². The Bertz CT molecular complexity index is 1600. The number of imide groups is 1. The van der Waals surface area contributed by atoms with Gasteiger partial charge < -0.3 is 19.8 Å². The zero-order valence-corrected chi connectivity index (χ0v) is 22.3. The minimum atomic E-state index is -0.667. The monoisotopic (exact) mass is 538 g/mol. The molecule has 0 spiro atoms. The second-order valence-electron chi connectivity index (χ2n) is 9.97. The molecule has 9 nitrogen and oxygen atoms in total. The van der Waals surface area contributed by atoms with Crippen molar-refractivity contribution in [2.75, 3.05) is 32.3 Å². The Morgan fingerprint density at radius 3 is 2.60 bits per heavy atom. The fourth-order valence-electron chi connectivity index (χ4n) is 5.75. The first-order chi connectivity index (χ1) is 19.5. The Hall–Kier alpha value is -4.63. The summed E-state index contributed by atoms with van der Waals surface area (Å²) in [6.07, 6.45) is 1.11. The van der Waals surface area contributed by atoms with E-state index in [1.54, 1.807) is 43.4 Å². The molecule has 0 bridgehead atoms. The summed E-state index contributed by atoms with van der Waals surface area (Å²) in [6, 6.07) is 20.6. The average molecular weight is 539 g/mol. The van der Waals surface area contributed by atoms with E-state index in [-0.39, 0.29) is 11.8 Å². The van der Waals surface area contributed by atoms with Crippen molar-refractivity contribution in [3.8, 4) is 5.75 Å². The molecule has 2 aliphatic heterocycles. The van der Waals surface area contributed by atoms with Crippen LogP contribution < -0.4 is 15.0 Å². The number of urea groups is 1. The highest BCUT2D eigenvalue weighted by atomic mass is 16.5. The first-order valence-electron chi connectivity index (χ1n) is 13.3. The number of aromatic amines is 1. The van der Waals surface area contributed by atoms with Gasteiger partial charge in [0.05, 0.1) is 12.8 Å². The van der Waals surface area contributed by atoms with E-state index in [0.717, 1.165) is 27.7 Å². The van der Waals surface area contributed by atoms with Gasteiger partial charge in [-0.05, 0) is 60.0 Å². The van der Waals surface area contributed by atoms with Gasteiger partial charge in [-0.1, -0.05) is 30.3 Å². The van der Waals surface area contributed by atoms with Crippen LogP contribution >= 0.6 is 0 Å². The minimum Gasteiger partial charge on any atom is -0.497 e. The van der Waals surface area contributed by atoms with Crippen LogP contribution in [-0.4, -0.2) is 61.1 Å². The number of H-pyrrole nitrogens is 1. The van der Waals surface area contributed by atoms with Crippen molar-refractivity contribution in [2.45, 2.75) is 24.9 Å². The lowest BCUT2D eigenvalue weighted by Gasteiger charge is -2.36. The van der Waals surface area contributed by atoms with E-state index in [2.05, 4.69) is 10.3 Å². The van der Waals surface area contributed by atoms with Gasteiger partial charge >= 0.3 is 6.03 Å². The van der Waals surface area contributed by atoms with Gasteiger partial charge in [0.15, 0.2) is 0 Å². The summed E-state index contributed by atoms with van der Waals surface area (Å²) in [5.74, 6) is 0.163. The van der Waals surface area contributed by atoms with Crippen LogP contribution in [0.15, 0.2) is 72.8 Å². The number of carbonyl (C=O) groups is 3. The lowest BCUT2D eigenvalue weighted by atomic mass is 9.89. The quantitative estimate of drug-likeness (QED) is 0.255. The van der Waals surface area contributed by atoms with Crippen LogP contribution in [0.3, 0.4) is 0 Å². The highest BCUT2D eigenvalue weighted by molar-refractivity contribution is 6.22. The van der Waals surface area contributed by atoms with E-state index >= 15 is 0 Å². The number of anilines is 1. The predicted molar refractivity (Wildman–Crippen MR) is 151 cm³/mol. The Kier molecular flexibility index (Phi) is 6.73. The summed E-state index contributed by atoms with van der Waals surface area (Å²) in [4.78, 5) is 46.8. The van der Waals surface area contributed by atoms with Gasteiger partial charge in [0.25, 0.3) is 11.8 Å². The summed E-state index contributed by atoms with van der Waals surface area (Å²) in [7, 11) is 3.22. The number of benzene rings is 3. The molecule has 4 aromatic rings. The van der Waals surface area contributed by atoms with Crippen LogP contribution in [0.5, 0.6) is 5.75 Å². The number of carbonyl (C=O) groups excluding carboxylic acids is 3. The van der Waals surface area contributed by atoms with Gasteiger partial charge in [0, 0.05) is 48.8 Å². The summed E-state index contributed by atoms with van der Waals surface area (Å²) >= 11 is 0. The number of rotatable bonds is 8. The molecule has 6 rings (SSSR count). The highest BCUT2D eigenvalue weighted by Crippen LogP contribution is 2.45. The molecule has 2 unspecified atom stereocenters. The third-order valence-electron chi connectivity index (χ3n) is 7.66. The maximum absolute atomic E-state index is 14.0. The molecule has 4 amide bonds. The lowest BCUT2D eigenvalue weighted by Crippen LogP contribution is -2.44. The Morgan fingerprint density at radius 1 is 1.02 bits per heavy atom. The SMILES string of the molecule is COCCCNC(=O)c1ccc(N2C(=O)C3Cc4c([nH]c5ccccc45)C(c4cccc(OC)c4)N3C2=O)cc1. The Labute approximate surface area is 231 Å². The number of ether oxygens (including phenoxy) is 2. The molecular formula is C31H30N4O5. The van der Waals surface area contributed by atoms with Crippen LogP contribution in [-0.2, 0) is 16.0 Å². The number of aromatic nitrogens is 1. The second kappa shape index (κ2) is 10.5. The number of methoxy groups -OCH3 is 2. The molecule has 2 aliphatic rings. The van der Waals surface area contributed by atoms with Crippen molar-refractivity contribution in [1.29, 1.82) is 0 Å². The van der Waals surface area contributed by atoms with Gasteiger partial charge in [-0.15, -0.1) is 0 Å². The van der Waals surface area contributed by atoms with Crippen molar-refractivity contribution >= 4 is 34.4 Å². The maximum atomic E-state index is 14.0. The van der Waals surface area contributed by atoms with Crippen LogP contribution in [0.25, 0.3) is 10.9 Å². The Balaban J connectivity index is 1.35. The molecule has 3 aromatic carbocycles. The zero-order valence-electron chi connectivity index (χ0n) is 22.3. The second-order valence-corrected chi connectivity index (χ2v) is 9.97. The van der Waals surface area contributed by atoms with Gasteiger partial charge in [0.1, 0.15) is 17.8 Å². The highest BCUT2D eigenvalue weighted by Gasteiger charge is 2.53. The number of nitrogens with zero attached hydrogens (tertiary/aromatic N) is 2. The van der Waals surface area contributed by atoms with Crippen molar-refractivity contribution in [3.63, 3.8) is 0 Å². The standard InChI is InChI=1S/C31H30N4O5/c1-39-16-6-15-32-29(36)19-11-13-21(14-12-19)34-30(37)26-18-24-23-9-3-4-10-25(23)33-27(24)28(35(26)31(34)38)20-7-5-8-22(17-20)40-2/h3-5,7-14,17,26,28,33H,6,15-16,18H2,1-2H3,(H,32,36). The molecule has 1 aromatic heterocycles. The van der Waals surface area contributed by atoms with E-state index in [9.17, 15) is 14.4 Å². The van der Waals surface area contributed by atoms with Crippen LogP contribution in [0.4, 0.5) is 10.5 Å². The molecule has 9 heteroatoms. The minimum absolute atomic E-state index is 0.220. The number of fused-ring (bicyclic) bond motifs is 4. The normalized spacial score (nSPS) is 18.1. The van der Waals surface area contributed by atoms with Gasteiger partial charge in [-0.2, -0.15) is 0 Å². The zero-order chi connectivity index (χ0) is 27.8. The summed E-state index contributed by atoms with van der Waals surface area (Å²) in [5, 5.41) is 3.89. The number of amides is 4. The van der Waals surface area contributed by atoms with Crippen molar-refractivity contribution in [1.82, 2.24) is 15.2 Å². The molecular weight excluding hydrogens is 508 g/mol. The van der Waals surface area contributed by atoms with E-state index in [1.165, 1.54) is 4.90 Å². The molecule has 204 valence electrons. The van der Waals surface area contributed by atoms with Crippen molar-refractivity contribution in [3.05, 3.63) is 95.2 Å². The molecule has 3 heterocycles. The summed E-state index contributed by atoms with van der Waals surface area (Å²) < 4.78 is 10.5. The molecule has 0 saturated carbocycles. The third kappa shape index (κ3) is 4.28. The first kappa shape index (κ1) is 25.6. The third-order valence-corrected chi connectivity index (χ3v) is 7.66. The average Bonchev–Trinajstić information content (AvgIpc) is 3.48. The summed E-state index contributed by atoms with van der Waals surface area (Å²) in [6.45, 7) is 1.06. The van der Waals surface area contributed by atoms with E-state index < -0.39 is 18.1 Å². The number of hydrogen-bond acceptors (Lipinski definition) is 5. The number of hydrogen-bond donors (Lipinski definition) is 2. The van der Waals surface area contributed by atoms with Gasteiger partial charge in [0.2, 0.25) is 0 Å². The fraction of sp³-hybridized carbons (Fsp3) is 0.258. The smallest absolute Gasteiger partial charge is 0.332 e. The predicted octanol–water partition coefficient (Wildman–Crippen LogP) is 4.43. The largest absolute Gasteiger partial charge is 0.497 e. The van der Waals surface area contributed by atoms with Crippen LogP contribution in [0.1, 0.15) is 39.6 Å². The molecule has 2 atom stereocenters. The molecule has 1 fully saturated rings. The van der Waals surface area contributed by atoms with Gasteiger partial charge in [-0.3, -0.25) is 14.5 Å². The first-order valence-corrected chi connectivity index (χ1v) is 13.3. The van der Waals surface area contributed by atoms with E-state index in [1.807, 2.05) is 48.5 Å². The summed E-state index contributed by atoms with van der Waals surface area (Å²) in [5.41, 5.74) is 4.63. The molecule has 40 heavy (non-hydrogen) atoms. The molecule has 1 saturated heterocycles. The number of nitrogens with one attached hydrogen (secondary N) is 2. The van der Waals surface area contributed by atoms with E-state index in [4.69, 9.17) is 9.47 Å². The van der Waals surface area contributed by atoms with Gasteiger partial charge in [-0.25, -0.2) is 9.69 Å². The fourth-order valence-corrected chi connectivity index (χ4v) is 5.75. The van der Waals surface area contributed by atoms with Crippen LogP contribution in [0.2, 0.25) is 0 Å². The van der Waals surface area contributed by atoms with E-state index in [0.29, 0.717) is 43.0 Å². The maximum Gasteiger partial charge on any atom is 0.332 e. The van der Waals surface area contributed by atoms with Crippen molar-refractivity contribution < 1.29 is 23.9 Å². The number of para-hydroxylation sites is 1. The molecule has 0 radical (unpaired) electrons. The molecule has 0 aliphatic carbocycles. The topological polar surface area (TPSA) is 104 Å². The lowest BCUT2D eigenvalue weighted by molar-refractivity contribution is -0.120.